The second kappa shape index (κ2) is 8.99. The Kier molecular flexibility index (Phi) is 5.75. The lowest BCUT2D eigenvalue weighted by molar-refractivity contribution is 0.0244. The maximum atomic E-state index is 12.4. The topological polar surface area (TPSA) is 93.2 Å². The second-order valence-corrected chi connectivity index (χ2v) is 8.25. The Bertz CT molecular complexity index is 1290. The van der Waals surface area contributed by atoms with Gasteiger partial charge in [0.15, 0.2) is 0 Å². The first-order valence-corrected chi connectivity index (χ1v) is 11.0. The molecule has 1 fully saturated rings. The molecule has 1 saturated heterocycles. The molecular formula is C25H25N5O3. The fourth-order valence-corrected chi connectivity index (χ4v) is 3.99. The summed E-state index contributed by atoms with van der Waals surface area (Å²) in [7, 11) is 3.48. The zero-order valence-electron chi connectivity index (χ0n) is 18.6. The number of aromatic nitrogens is 4. The van der Waals surface area contributed by atoms with Crippen LogP contribution in [0.15, 0.2) is 54.9 Å². The summed E-state index contributed by atoms with van der Waals surface area (Å²) in [5, 5.41) is 8.50. The lowest BCUT2D eigenvalue weighted by Gasteiger charge is -2.23. The van der Waals surface area contributed by atoms with Crippen molar-refractivity contribution in [1.82, 2.24) is 25.1 Å². The van der Waals surface area contributed by atoms with Crippen molar-refractivity contribution < 1.29 is 14.3 Å². The zero-order chi connectivity index (χ0) is 22.8. The van der Waals surface area contributed by atoms with Crippen LogP contribution in [0.1, 0.15) is 23.2 Å². The van der Waals surface area contributed by atoms with Crippen LogP contribution in [0, 0.1) is 0 Å². The first-order valence-electron chi connectivity index (χ1n) is 11.0. The molecule has 1 aromatic carbocycles. The number of carbonyl (C=O) groups is 1. The van der Waals surface area contributed by atoms with Crippen molar-refractivity contribution in [3.05, 3.63) is 60.4 Å². The van der Waals surface area contributed by atoms with E-state index in [0.717, 1.165) is 46.3 Å². The summed E-state index contributed by atoms with van der Waals surface area (Å²) in [5.74, 6) is 0.521. The summed E-state index contributed by atoms with van der Waals surface area (Å²) >= 11 is 0. The van der Waals surface area contributed by atoms with Crippen molar-refractivity contribution in [2.24, 2.45) is 0 Å². The van der Waals surface area contributed by atoms with Crippen molar-refractivity contribution in [3.63, 3.8) is 0 Å². The lowest BCUT2D eigenvalue weighted by Crippen LogP contribution is -2.26. The van der Waals surface area contributed by atoms with Crippen molar-refractivity contribution in [3.8, 4) is 28.4 Å². The zero-order valence-corrected chi connectivity index (χ0v) is 18.6. The molecule has 0 bridgehead atoms. The van der Waals surface area contributed by atoms with E-state index in [-0.39, 0.29) is 12.0 Å². The van der Waals surface area contributed by atoms with Gasteiger partial charge in [0, 0.05) is 56.0 Å². The number of aromatic amines is 1. The van der Waals surface area contributed by atoms with E-state index in [2.05, 4.69) is 20.2 Å². The van der Waals surface area contributed by atoms with Gasteiger partial charge >= 0.3 is 0 Å². The molecule has 3 aromatic heterocycles. The smallest absolute Gasteiger partial charge is 0.253 e. The molecule has 8 nitrogen and oxygen atoms in total. The molecule has 0 spiro atoms. The number of hydrogen-bond acceptors (Lipinski definition) is 6. The molecular weight excluding hydrogens is 418 g/mol. The summed E-state index contributed by atoms with van der Waals surface area (Å²) in [6.45, 7) is 1.39. The van der Waals surface area contributed by atoms with Crippen molar-refractivity contribution in [1.29, 1.82) is 0 Å². The highest BCUT2D eigenvalue weighted by molar-refractivity contribution is 5.97. The normalized spacial score (nSPS) is 14.4. The van der Waals surface area contributed by atoms with E-state index in [1.54, 1.807) is 31.4 Å². The van der Waals surface area contributed by atoms with Gasteiger partial charge in [-0.25, -0.2) is 4.98 Å². The third-order valence-electron chi connectivity index (χ3n) is 5.73. The van der Waals surface area contributed by atoms with E-state index in [0.29, 0.717) is 24.7 Å². The molecule has 8 heteroatoms. The molecule has 1 aliphatic heterocycles. The first-order chi connectivity index (χ1) is 16.1. The Morgan fingerprint density at radius 1 is 1.06 bits per heavy atom. The summed E-state index contributed by atoms with van der Waals surface area (Å²) in [5.41, 5.74) is 4.74. The predicted molar refractivity (Wildman–Crippen MR) is 125 cm³/mol. The van der Waals surface area contributed by atoms with Crippen LogP contribution >= 0.6 is 0 Å². The van der Waals surface area contributed by atoms with Crippen LogP contribution in [0.5, 0.6) is 5.88 Å². The third-order valence-corrected chi connectivity index (χ3v) is 5.73. The Balaban J connectivity index is 1.52. The van der Waals surface area contributed by atoms with Gasteiger partial charge < -0.3 is 14.4 Å². The third kappa shape index (κ3) is 4.29. The highest BCUT2D eigenvalue weighted by atomic mass is 16.5. The van der Waals surface area contributed by atoms with Crippen molar-refractivity contribution >= 4 is 16.8 Å². The highest BCUT2D eigenvalue weighted by Gasteiger charge is 2.21. The number of H-pyrrole nitrogens is 1. The molecule has 4 heterocycles. The van der Waals surface area contributed by atoms with Crippen LogP contribution in [-0.2, 0) is 4.74 Å². The van der Waals surface area contributed by atoms with Gasteiger partial charge in [0.25, 0.3) is 5.91 Å². The van der Waals surface area contributed by atoms with Crippen LogP contribution in [0.3, 0.4) is 0 Å². The number of hydrogen-bond donors (Lipinski definition) is 1. The number of carbonyl (C=O) groups excluding carboxylic acids is 1. The number of pyridine rings is 2. The molecule has 0 saturated carbocycles. The van der Waals surface area contributed by atoms with E-state index in [1.165, 1.54) is 0 Å². The van der Waals surface area contributed by atoms with Gasteiger partial charge in [-0.15, -0.1) is 0 Å². The average molecular weight is 444 g/mol. The number of amides is 1. The van der Waals surface area contributed by atoms with E-state index >= 15 is 0 Å². The number of ether oxygens (including phenoxy) is 2. The number of rotatable bonds is 5. The quantitative estimate of drug-likeness (QED) is 0.502. The van der Waals surface area contributed by atoms with E-state index < -0.39 is 0 Å². The molecule has 1 amide bonds. The molecule has 33 heavy (non-hydrogen) atoms. The Labute approximate surface area is 191 Å². The Morgan fingerprint density at radius 3 is 2.70 bits per heavy atom. The molecule has 5 rings (SSSR count). The Morgan fingerprint density at radius 2 is 1.88 bits per heavy atom. The molecule has 168 valence electrons. The van der Waals surface area contributed by atoms with Gasteiger partial charge in [0.2, 0.25) is 5.88 Å². The van der Waals surface area contributed by atoms with Crippen LogP contribution in [-0.4, -0.2) is 64.4 Å². The molecule has 1 N–H and O–H groups in total. The predicted octanol–water partition coefficient (Wildman–Crippen LogP) is 3.95. The van der Waals surface area contributed by atoms with Crippen LogP contribution in [0.2, 0.25) is 0 Å². The van der Waals surface area contributed by atoms with Crippen LogP contribution in [0.25, 0.3) is 33.4 Å². The van der Waals surface area contributed by atoms with Crippen LogP contribution in [0.4, 0.5) is 0 Å². The molecule has 0 atom stereocenters. The molecule has 4 aromatic rings. The minimum absolute atomic E-state index is 0.0488. The van der Waals surface area contributed by atoms with Crippen molar-refractivity contribution in [2.75, 3.05) is 27.3 Å². The van der Waals surface area contributed by atoms with Gasteiger partial charge in [-0.05, 0) is 30.3 Å². The lowest BCUT2D eigenvalue weighted by atomic mass is 10.0. The fourth-order valence-electron chi connectivity index (χ4n) is 3.99. The number of nitrogens with zero attached hydrogens (tertiary/aromatic N) is 4. The highest BCUT2D eigenvalue weighted by Crippen LogP contribution is 2.34. The monoisotopic (exact) mass is 443 g/mol. The van der Waals surface area contributed by atoms with Crippen molar-refractivity contribution in [2.45, 2.75) is 18.9 Å². The van der Waals surface area contributed by atoms with Crippen LogP contribution < -0.4 is 4.74 Å². The van der Waals surface area contributed by atoms with Gasteiger partial charge in [0.1, 0.15) is 11.8 Å². The number of fused-ring (bicyclic) bond motifs is 1. The Hall–Kier alpha value is -3.78. The van der Waals surface area contributed by atoms with E-state index in [4.69, 9.17) is 9.47 Å². The van der Waals surface area contributed by atoms with Gasteiger partial charge in [-0.2, -0.15) is 5.10 Å². The van der Waals surface area contributed by atoms with Gasteiger partial charge in [-0.1, -0.05) is 12.1 Å². The maximum absolute atomic E-state index is 12.4. The summed E-state index contributed by atoms with van der Waals surface area (Å²) < 4.78 is 11.7. The summed E-state index contributed by atoms with van der Waals surface area (Å²) in [6.07, 6.45) is 5.23. The molecule has 0 aliphatic carbocycles. The second-order valence-electron chi connectivity index (χ2n) is 8.25. The van der Waals surface area contributed by atoms with Gasteiger partial charge in [-0.3, -0.25) is 14.9 Å². The minimum atomic E-state index is -0.0488. The fraction of sp³-hybridized carbons (Fsp3) is 0.280. The molecule has 0 unspecified atom stereocenters. The molecule has 1 aliphatic rings. The van der Waals surface area contributed by atoms with E-state index in [9.17, 15) is 4.79 Å². The SMILES string of the molecule is CN(C)C(=O)c1cccc(-c2cc(-c3n[nH]c4ccnc(OC5CCOCC5)c34)ccn2)c1. The summed E-state index contributed by atoms with van der Waals surface area (Å²) in [4.78, 5) is 23.0. The standard InChI is InChI=1S/C25H25N5O3/c1-30(2)25(31)18-5-3-4-16(14-18)21-15-17(6-10-26-21)23-22-20(28-29-23)7-11-27-24(22)33-19-8-12-32-13-9-19/h3-7,10-11,14-15,19H,8-9,12-13H2,1-2H3,(H,28,29). The minimum Gasteiger partial charge on any atom is -0.474 e. The first kappa shape index (κ1) is 21.1. The molecule has 0 radical (unpaired) electrons. The number of nitrogens with one attached hydrogen (secondary N) is 1. The maximum Gasteiger partial charge on any atom is 0.253 e. The summed E-state index contributed by atoms with van der Waals surface area (Å²) in [6, 6.07) is 13.3. The van der Waals surface area contributed by atoms with E-state index in [1.807, 2.05) is 42.5 Å². The number of benzene rings is 1. The van der Waals surface area contributed by atoms with Gasteiger partial charge in [0.05, 0.1) is 29.8 Å². The average Bonchev–Trinajstić information content (AvgIpc) is 3.30. The largest absolute Gasteiger partial charge is 0.474 e.